The number of thiophene rings is 1. The number of amides is 2. The Morgan fingerprint density at radius 2 is 2.00 bits per heavy atom. The molecule has 3 aromatic rings. The molecule has 2 N–H and O–H groups in total. The van der Waals surface area contributed by atoms with E-state index in [9.17, 15) is 18.0 Å². The number of hydrogen-bond donors (Lipinski definition) is 2. The molecule has 0 bridgehead atoms. The molecule has 0 aromatic carbocycles. The predicted octanol–water partition coefficient (Wildman–Crippen LogP) is 2.94. The number of fused-ring (bicyclic) bond motifs is 1. The molecule has 1 atom stereocenters. The lowest BCUT2D eigenvalue weighted by Gasteiger charge is -2.12. The number of rotatable bonds is 5. The highest BCUT2D eigenvalue weighted by atomic mass is 32.2. The first kappa shape index (κ1) is 23.4. The first-order chi connectivity index (χ1) is 15.5. The van der Waals surface area contributed by atoms with E-state index in [1.165, 1.54) is 0 Å². The van der Waals surface area contributed by atoms with E-state index in [2.05, 4.69) is 16.0 Å². The van der Waals surface area contributed by atoms with Crippen molar-refractivity contribution in [1.82, 2.24) is 25.6 Å². The summed E-state index contributed by atoms with van der Waals surface area (Å²) in [6.45, 7) is 8.02. The second-order valence-corrected chi connectivity index (χ2v) is 12.5. The monoisotopic (exact) mass is 489 g/mol. The fourth-order valence-electron chi connectivity index (χ4n) is 4.15. The van der Waals surface area contributed by atoms with Crippen molar-refractivity contribution in [3.8, 4) is 11.3 Å². The highest BCUT2D eigenvalue weighted by Gasteiger charge is 2.29. The summed E-state index contributed by atoms with van der Waals surface area (Å²) in [6.07, 6.45) is 2.12. The van der Waals surface area contributed by atoms with Crippen LogP contribution < -0.4 is 10.9 Å². The van der Waals surface area contributed by atoms with Gasteiger partial charge >= 0.3 is 0 Å². The number of nitrogens with one attached hydrogen (secondary N) is 2. The molecule has 0 aliphatic carbocycles. The van der Waals surface area contributed by atoms with Crippen molar-refractivity contribution < 1.29 is 18.0 Å². The zero-order valence-corrected chi connectivity index (χ0v) is 20.6. The van der Waals surface area contributed by atoms with E-state index in [1.54, 1.807) is 28.3 Å². The maximum Gasteiger partial charge on any atom is 0.270 e. The second kappa shape index (κ2) is 8.86. The van der Waals surface area contributed by atoms with Crippen LogP contribution in [0.15, 0.2) is 18.3 Å². The van der Waals surface area contributed by atoms with Crippen LogP contribution in [-0.2, 0) is 14.6 Å². The molecule has 3 aromatic heterocycles. The third kappa shape index (κ3) is 4.93. The zero-order valence-electron chi connectivity index (χ0n) is 19.0. The lowest BCUT2D eigenvalue weighted by atomic mass is 10.1. The van der Waals surface area contributed by atoms with Crippen molar-refractivity contribution in [1.29, 1.82) is 0 Å². The molecular formula is C22H27N5O4S2. The molecule has 4 heterocycles. The van der Waals surface area contributed by atoms with Gasteiger partial charge in [-0.1, -0.05) is 0 Å². The van der Waals surface area contributed by atoms with Crippen LogP contribution in [0.4, 0.5) is 0 Å². The van der Waals surface area contributed by atoms with E-state index >= 15 is 0 Å². The minimum absolute atomic E-state index is 0.0104. The van der Waals surface area contributed by atoms with Gasteiger partial charge in [0.2, 0.25) is 5.91 Å². The fourth-order valence-corrected chi connectivity index (χ4v) is 6.94. The quantitative estimate of drug-likeness (QED) is 0.531. The van der Waals surface area contributed by atoms with Gasteiger partial charge < -0.3 is 0 Å². The number of aromatic nitrogens is 3. The zero-order chi connectivity index (χ0) is 23.9. The number of aryl methyl sites for hydroxylation is 2. The molecule has 11 heteroatoms. The lowest BCUT2D eigenvalue weighted by Crippen LogP contribution is -2.42. The summed E-state index contributed by atoms with van der Waals surface area (Å²) in [5.41, 5.74) is 7.47. The predicted molar refractivity (Wildman–Crippen MR) is 128 cm³/mol. The van der Waals surface area contributed by atoms with E-state index in [-0.39, 0.29) is 29.9 Å². The molecule has 1 aliphatic rings. The van der Waals surface area contributed by atoms with Crippen molar-refractivity contribution in [2.75, 3.05) is 11.5 Å². The summed E-state index contributed by atoms with van der Waals surface area (Å²) < 4.78 is 25.0. The first-order valence-electron chi connectivity index (χ1n) is 10.8. The molecule has 33 heavy (non-hydrogen) atoms. The summed E-state index contributed by atoms with van der Waals surface area (Å²) in [7, 11) is -3.06. The van der Waals surface area contributed by atoms with Crippen LogP contribution in [0.3, 0.4) is 0 Å². The van der Waals surface area contributed by atoms with Crippen molar-refractivity contribution in [2.45, 2.75) is 46.6 Å². The molecule has 1 unspecified atom stereocenters. The molecule has 1 saturated heterocycles. The minimum atomic E-state index is -3.06. The molecule has 4 rings (SSSR count). The molecule has 1 aliphatic heterocycles. The Kier molecular flexibility index (Phi) is 6.28. The van der Waals surface area contributed by atoms with Crippen molar-refractivity contribution >= 4 is 44.0 Å². The Bertz CT molecular complexity index is 1340. The van der Waals surface area contributed by atoms with E-state index in [1.807, 2.05) is 33.8 Å². The van der Waals surface area contributed by atoms with Gasteiger partial charge in [0.25, 0.3) is 5.91 Å². The second-order valence-electron chi connectivity index (χ2n) is 8.78. The number of hydrogen-bond acceptors (Lipinski definition) is 7. The van der Waals surface area contributed by atoms with Crippen molar-refractivity contribution in [3.05, 3.63) is 33.6 Å². The average Bonchev–Trinajstić information content (AvgIpc) is 3.41. The lowest BCUT2D eigenvalue weighted by molar-refractivity contribution is -0.122. The number of carbonyl (C=O) groups is 2. The number of carbonyl (C=O) groups excluding carboxylic acids is 2. The van der Waals surface area contributed by atoms with Gasteiger partial charge in [-0.05, 0) is 52.2 Å². The summed E-state index contributed by atoms with van der Waals surface area (Å²) in [5, 5.41) is 5.00. The molecule has 2 amide bonds. The maximum absolute atomic E-state index is 13.1. The number of nitrogens with zero attached hydrogens (tertiary/aromatic N) is 3. The third-order valence-corrected chi connectivity index (χ3v) is 8.54. The van der Waals surface area contributed by atoms with E-state index in [0.29, 0.717) is 28.7 Å². The molecule has 1 fully saturated rings. The Labute approximate surface area is 196 Å². The Morgan fingerprint density at radius 1 is 1.24 bits per heavy atom. The third-order valence-electron chi connectivity index (χ3n) is 5.73. The van der Waals surface area contributed by atoms with Gasteiger partial charge in [-0.3, -0.25) is 20.4 Å². The highest BCUT2D eigenvalue weighted by molar-refractivity contribution is 7.91. The van der Waals surface area contributed by atoms with Gasteiger partial charge in [-0.25, -0.2) is 18.1 Å². The van der Waals surface area contributed by atoms with E-state index < -0.39 is 21.7 Å². The van der Waals surface area contributed by atoms with Crippen LogP contribution in [0, 0.1) is 19.8 Å². The van der Waals surface area contributed by atoms with Gasteiger partial charge in [0.05, 0.1) is 34.3 Å². The van der Waals surface area contributed by atoms with Gasteiger partial charge in [-0.15, -0.1) is 11.3 Å². The topological polar surface area (TPSA) is 123 Å². The Hall–Kier alpha value is -2.79. The molecule has 0 radical (unpaired) electrons. The minimum Gasteiger partial charge on any atom is -0.273 e. The number of pyridine rings is 1. The van der Waals surface area contributed by atoms with E-state index in [4.69, 9.17) is 4.98 Å². The van der Waals surface area contributed by atoms with Crippen molar-refractivity contribution in [2.24, 2.45) is 5.92 Å². The molecular weight excluding hydrogens is 462 g/mol. The SMILES string of the molecule is Cc1cc(-c2cc(C(=O)NNC(=O)CC3CCS(=O)(=O)C3)c3cnn(C(C)C)c3n2)c(C)s1. The number of hydrazine groups is 1. The fraction of sp³-hybridized carbons (Fsp3) is 0.455. The van der Waals surface area contributed by atoms with Crippen LogP contribution >= 0.6 is 11.3 Å². The summed E-state index contributed by atoms with van der Waals surface area (Å²) in [6, 6.07) is 3.81. The van der Waals surface area contributed by atoms with Gasteiger partial charge in [0.1, 0.15) is 0 Å². The maximum atomic E-state index is 13.1. The molecule has 0 spiro atoms. The standard InChI is InChI=1S/C22H27N5O4S2/c1-12(2)27-21-18(10-23-27)17(9-19(24-21)16-7-13(3)32-14(16)4)22(29)26-25-20(28)8-15-5-6-33(30,31)11-15/h7,9-10,12,15H,5-6,8,11H2,1-4H3,(H,25,28)(H,26,29). The molecule has 176 valence electrons. The Balaban J connectivity index is 1.60. The summed E-state index contributed by atoms with van der Waals surface area (Å²) in [4.78, 5) is 32.4. The van der Waals surface area contributed by atoms with Crippen LogP contribution in [0.5, 0.6) is 0 Å². The van der Waals surface area contributed by atoms with Crippen LogP contribution in [0.1, 0.15) is 52.8 Å². The summed E-state index contributed by atoms with van der Waals surface area (Å²) in [5.74, 6) is -1.00. The van der Waals surface area contributed by atoms with Gasteiger partial charge in [0.15, 0.2) is 15.5 Å². The van der Waals surface area contributed by atoms with E-state index in [0.717, 1.165) is 15.3 Å². The van der Waals surface area contributed by atoms with Gasteiger partial charge in [-0.2, -0.15) is 5.10 Å². The number of sulfone groups is 1. The first-order valence-corrected chi connectivity index (χ1v) is 13.4. The highest BCUT2D eigenvalue weighted by Crippen LogP contribution is 2.32. The largest absolute Gasteiger partial charge is 0.273 e. The van der Waals surface area contributed by atoms with Crippen molar-refractivity contribution in [3.63, 3.8) is 0 Å². The van der Waals surface area contributed by atoms with Crippen LogP contribution in [0.2, 0.25) is 0 Å². The van der Waals surface area contributed by atoms with Crippen LogP contribution in [-0.4, -0.2) is 46.5 Å². The molecule has 0 saturated carbocycles. The molecule has 9 nitrogen and oxygen atoms in total. The Morgan fingerprint density at radius 3 is 2.61 bits per heavy atom. The smallest absolute Gasteiger partial charge is 0.270 e. The average molecular weight is 490 g/mol. The van der Waals surface area contributed by atoms with Gasteiger partial charge in [0, 0.05) is 27.8 Å². The summed E-state index contributed by atoms with van der Waals surface area (Å²) >= 11 is 1.66. The van der Waals surface area contributed by atoms with Crippen LogP contribution in [0.25, 0.3) is 22.3 Å². The normalized spacial score (nSPS) is 17.5.